The fourth-order valence-electron chi connectivity index (χ4n) is 2.65. The van der Waals surface area contributed by atoms with E-state index in [0.717, 1.165) is 21.0 Å². The Balaban J connectivity index is 2.03. The van der Waals surface area contributed by atoms with Gasteiger partial charge in [-0.15, -0.1) is 23.1 Å². The first kappa shape index (κ1) is 14.3. The quantitative estimate of drug-likeness (QED) is 0.772. The molecule has 6 nitrogen and oxygen atoms in total. The van der Waals surface area contributed by atoms with Crippen LogP contribution in [0, 0.1) is 0 Å². The van der Waals surface area contributed by atoms with Crippen LogP contribution in [0.1, 0.15) is 16.1 Å². The Morgan fingerprint density at radius 3 is 2.91 bits per heavy atom. The monoisotopic (exact) mass is 345 g/mol. The Bertz CT molecular complexity index is 1000. The summed E-state index contributed by atoms with van der Waals surface area (Å²) in [6.07, 6.45) is 1.66. The van der Waals surface area contributed by atoms with Gasteiger partial charge in [-0.2, -0.15) is 5.10 Å². The Labute approximate surface area is 139 Å². The maximum atomic E-state index is 11.6. The number of aromatic carboxylic acids is 1. The zero-order chi connectivity index (χ0) is 16.1. The summed E-state index contributed by atoms with van der Waals surface area (Å²) in [4.78, 5) is 23.2. The number of fused-ring (bicyclic) bond motifs is 3. The molecule has 0 radical (unpaired) electrons. The second-order valence-electron chi connectivity index (χ2n) is 5.14. The molecule has 0 spiro atoms. The van der Waals surface area contributed by atoms with E-state index in [2.05, 4.69) is 5.10 Å². The summed E-state index contributed by atoms with van der Waals surface area (Å²) in [6, 6.07) is 5.10. The number of rotatable bonds is 2. The molecule has 8 heteroatoms. The van der Waals surface area contributed by atoms with Gasteiger partial charge in [-0.3, -0.25) is 4.79 Å². The highest BCUT2D eigenvalue weighted by Crippen LogP contribution is 2.46. The number of carbonyl (C=O) groups is 1. The average molecular weight is 345 g/mol. The van der Waals surface area contributed by atoms with Crippen LogP contribution in [-0.2, 0) is 12.8 Å². The number of nitrogens with zero attached hydrogens (tertiary/aromatic N) is 3. The lowest BCUT2D eigenvalue weighted by molar-refractivity contribution is 0.0689. The number of carboxylic acid groups (broad SMARTS) is 1. The summed E-state index contributed by atoms with van der Waals surface area (Å²) < 4.78 is 4.24. The number of aromatic nitrogens is 3. The van der Waals surface area contributed by atoms with Crippen LogP contribution < -0.4 is 5.56 Å². The Morgan fingerprint density at radius 2 is 2.17 bits per heavy atom. The third kappa shape index (κ3) is 2.13. The van der Waals surface area contributed by atoms with E-state index in [1.165, 1.54) is 10.6 Å². The van der Waals surface area contributed by atoms with E-state index in [1.807, 2.05) is 11.4 Å². The van der Waals surface area contributed by atoms with Crippen LogP contribution in [-0.4, -0.2) is 25.4 Å². The van der Waals surface area contributed by atoms with Gasteiger partial charge >= 0.3 is 5.97 Å². The Kier molecular flexibility index (Phi) is 3.17. The number of pyridine rings is 1. The minimum absolute atomic E-state index is 0.0678. The summed E-state index contributed by atoms with van der Waals surface area (Å²) in [5.41, 5.74) is 3.13. The second kappa shape index (κ2) is 5.10. The summed E-state index contributed by atoms with van der Waals surface area (Å²) in [7, 11) is 1.66. The van der Waals surface area contributed by atoms with Crippen molar-refractivity contribution < 1.29 is 9.90 Å². The molecule has 0 saturated carbocycles. The SMILES string of the molecule is Cn1cc(-n2nc(C(=O)O)c3c2-c2ccsc2SC3)ccc1=O. The van der Waals surface area contributed by atoms with E-state index in [-0.39, 0.29) is 11.3 Å². The zero-order valence-corrected chi connectivity index (χ0v) is 13.6. The van der Waals surface area contributed by atoms with Crippen molar-refractivity contribution in [2.45, 2.75) is 9.96 Å². The van der Waals surface area contributed by atoms with Gasteiger partial charge in [0, 0.05) is 36.2 Å². The van der Waals surface area contributed by atoms with Crippen LogP contribution in [0.15, 0.2) is 38.8 Å². The Morgan fingerprint density at radius 1 is 1.35 bits per heavy atom. The van der Waals surface area contributed by atoms with Crippen LogP contribution in [0.25, 0.3) is 16.9 Å². The highest BCUT2D eigenvalue weighted by Gasteiger charge is 2.29. The van der Waals surface area contributed by atoms with Gasteiger partial charge in [0.05, 0.1) is 15.6 Å². The molecule has 0 unspecified atom stereocenters. The predicted molar refractivity (Wildman–Crippen MR) is 88.6 cm³/mol. The van der Waals surface area contributed by atoms with Gasteiger partial charge in [0.2, 0.25) is 5.56 Å². The number of thiophene rings is 1. The largest absolute Gasteiger partial charge is 0.476 e. The molecule has 0 aromatic carbocycles. The molecular formula is C15H11N3O3S2. The first-order valence-electron chi connectivity index (χ1n) is 6.79. The van der Waals surface area contributed by atoms with Crippen molar-refractivity contribution in [3.63, 3.8) is 0 Å². The lowest BCUT2D eigenvalue weighted by atomic mass is 10.1. The molecule has 0 amide bonds. The first-order chi connectivity index (χ1) is 11.1. The van der Waals surface area contributed by atoms with E-state index in [0.29, 0.717) is 11.4 Å². The summed E-state index contributed by atoms with van der Waals surface area (Å²) >= 11 is 3.27. The van der Waals surface area contributed by atoms with Crippen molar-refractivity contribution >= 4 is 29.1 Å². The zero-order valence-electron chi connectivity index (χ0n) is 12.0. The number of hydrogen-bond donors (Lipinski definition) is 1. The number of hydrogen-bond acceptors (Lipinski definition) is 5. The van der Waals surface area contributed by atoms with Crippen LogP contribution in [0.2, 0.25) is 0 Å². The maximum absolute atomic E-state index is 11.6. The molecule has 0 aliphatic carbocycles. The van der Waals surface area contributed by atoms with Gasteiger partial charge in [0.1, 0.15) is 0 Å². The standard InChI is InChI=1S/C15H11N3O3S2/c1-17-6-8(2-3-11(17)19)18-13-9-4-5-22-15(9)23-7-10(13)12(16-18)14(20)21/h2-6H,7H2,1H3,(H,20,21). The molecular weight excluding hydrogens is 334 g/mol. The molecule has 116 valence electrons. The minimum atomic E-state index is -1.04. The van der Waals surface area contributed by atoms with Gasteiger partial charge < -0.3 is 9.67 Å². The number of carboxylic acids is 1. The highest BCUT2D eigenvalue weighted by molar-refractivity contribution is 8.00. The minimum Gasteiger partial charge on any atom is -0.476 e. The predicted octanol–water partition coefficient (Wildman–Crippen LogP) is 2.60. The molecule has 0 fully saturated rings. The smallest absolute Gasteiger partial charge is 0.356 e. The van der Waals surface area contributed by atoms with E-state index < -0.39 is 5.97 Å². The first-order valence-corrected chi connectivity index (χ1v) is 8.65. The summed E-state index contributed by atoms with van der Waals surface area (Å²) in [5.74, 6) is -0.458. The third-order valence-electron chi connectivity index (χ3n) is 3.73. The van der Waals surface area contributed by atoms with Crippen LogP contribution >= 0.6 is 23.1 Å². The van der Waals surface area contributed by atoms with E-state index in [9.17, 15) is 14.7 Å². The van der Waals surface area contributed by atoms with Crippen molar-refractivity contribution in [2.75, 3.05) is 0 Å². The molecule has 23 heavy (non-hydrogen) atoms. The molecule has 1 N–H and O–H groups in total. The van der Waals surface area contributed by atoms with E-state index >= 15 is 0 Å². The fourth-order valence-corrected chi connectivity index (χ4v) is 4.75. The Hall–Kier alpha value is -2.32. The fraction of sp³-hybridized carbons (Fsp3) is 0.133. The van der Waals surface area contributed by atoms with Crippen molar-refractivity contribution in [2.24, 2.45) is 7.05 Å². The molecule has 0 saturated heterocycles. The van der Waals surface area contributed by atoms with Gasteiger partial charge in [0.15, 0.2) is 5.69 Å². The molecule has 3 aromatic rings. The molecule has 4 heterocycles. The third-order valence-corrected chi connectivity index (χ3v) is 6.00. The van der Waals surface area contributed by atoms with Crippen molar-refractivity contribution in [3.8, 4) is 16.9 Å². The lowest BCUT2D eigenvalue weighted by Crippen LogP contribution is -2.16. The topological polar surface area (TPSA) is 77.1 Å². The van der Waals surface area contributed by atoms with Crippen molar-refractivity contribution in [1.82, 2.24) is 14.3 Å². The molecule has 0 atom stereocenters. The summed E-state index contributed by atoms with van der Waals surface area (Å²) in [5, 5.41) is 15.8. The molecule has 0 bridgehead atoms. The van der Waals surface area contributed by atoms with Crippen molar-refractivity contribution in [1.29, 1.82) is 0 Å². The van der Waals surface area contributed by atoms with Crippen molar-refractivity contribution in [3.05, 3.63) is 51.4 Å². The maximum Gasteiger partial charge on any atom is 0.356 e. The molecule has 3 aromatic heterocycles. The molecule has 4 rings (SSSR count). The summed E-state index contributed by atoms with van der Waals surface area (Å²) in [6.45, 7) is 0. The normalized spacial score (nSPS) is 12.7. The van der Waals surface area contributed by atoms with Crippen LogP contribution in [0.4, 0.5) is 0 Å². The van der Waals surface area contributed by atoms with E-state index in [4.69, 9.17) is 0 Å². The van der Waals surface area contributed by atoms with Gasteiger partial charge in [-0.05, 0) is 17.5 Å². The molecule has 1 aliphatic heterocycles. The molecule has 1 aliphatic rings. The van der Waals surface area contributed by atoms with Gasteiger partial charge in [-0.1, -0.05) is 0 Å². The van der Waals surface area contributed by atoms with Gasteiger partial charge in [-0.25, -0.2) is 9.48 Å². The average Bonchev–Trinajstić information content (AvgIpc) is 3.13. The van der Waals surface area contributed by atoms with E-state index in [1.54, 1.807) is 47.1 Å². The highest BCUT2D eigenvalue weighted by atomic mass is 32.2. The second-order valence-corrected chi connectivity index (χ2v) is 7.30. The number of thioether (sulfide) groups is 1. The number of aryl methyl sites for hydroxylation is 1. The lowest BCUT2D eigenvalue weighted by Gasteiger charge is -2.15. The van der Waals surface area contributed by atoms with Gasteiger partial charge in [0.25, 0.3) is 0 Å². The van der Waals surface area contributed by atoms with Crippen LogP contribution in [0.3, 0.4) is 0 Å². The van der Waals surface area contributed by atoms with Crippen LogP contribution in [0.5, 0.6) is 0 Å².